The van der Waals surface area contributed by atoms with E-state index in [1.165, 1.54) is 16.8 Å². The van der Waals surface area contributed by atoms with Gasteiger partial charge in [-0.1, -0.05) is 37.3 Å². The third kappa shape index (κ3) is 2.12. The summed E-state index contributed by atoms with van der Waals surface area (Å²) >= 11 is 0. The van der Waals surface area contributed by atoms with Crippen molar-refractivity contribution in [2.75, 3.05) is 0 Å². The zero-order valence-electron chi connectivity index (χ0n) is 9.40. The number of nitrogens with zero attached hydrogens (tertiary/aromatic N) is 1. The highest BCUT2D eigenvalue weighted by molar-refractivity contribution is 5.23. The van der Waals surface area contributed by atoms with Crippen molar-refractivity contribution in [1.82, 2.24) is 4.57 Å². The van der Waals surface area contributed by atoms with Crippen LogP contribution < -0.4 is 0 Å². The van der Waals surface area contributed by atoms with Gasteiger partial charge in [0.1, 0.15) is 0 Å². The van der Waals surface area contributed by atoms with Gasteiger partial charge in [0.05, 0.1) is 0 Å². The van der Waals surface area contributed by atoms with Gasteiger partial charge in [0.25, 0.3) is 0 Å². The van der Waals surface area contributed by atoms with Gasteiger partial charge in [0.2, 0.25) is 0 Å². The fourth-order valence-corrected chi connectivity index (χ4v) is 2.02. The predicted octanol–water partition coefficient (Wildman–Crippen LogP) is 3.41. The minimum Gasteiger partial charge on any atom is -0.347 e. The van der Waals surface area contributed by atoms with Gasteiger partial charge in [-0.25, -0.2) is 0 Å². The molecular formula is C14H17N. The van der Waals surface area contributed by atoms with E-state index in [0.29, 0.717) is 0 Å². The summed E-state index contributed by atoms with van der Waals surface area (Å²) in [6.45, 7) is 5.38. The van der Waals surface area contributed by atoms with Crippen molar-refractivity contribution in [1.29, 1.82) is 0 Å². The van der Waals surface area contributed by atoms with Gasteiger partial charge < -0.3 is 4.57 Å². The molecule has 78 valence electrons. The molecule has 2 rings (SSSR count). The maximum absolute atomic E-state index is 2.34. The van der Waals surface area contributed by atoms with E-state index in [4.69, 9.17) is 0 Å². The predicted molar refractivity (Wildman–Crippen MR) is 64.1 cm³/mol. The van der Waals surface area contributed by atoms with Crippen molar-refractivity contribution in [3.63, 3.8) is 0 Å². The standard InChI is InChI=1S/C14H17N/c1-3-14-12(2)9-10-15(14)11-13-7-5-4-6-8-13/h4-10H,3,11H2,1-2H3. The quantitative estimate of drug-likeness (QED) is 0.714. The highest BCUT2D eigenvalue weighted by Gasteiger charge is 2.03. The second-order valence-corrected chi connectivity index (χ2v) is 3.91. The average molecular weight is 199 g/mol. The molecule has 0 amide bonds. The van der Waals surface area contributed by atoms with Gasteiger partial charge in [0.15, 0.2) is 0 Å². The molecular weight excluding hydrogens is 182 g/mol. The molecule has 1 aromatic carbocycles. The second kappa shape index (κ2) is 4.35. The normalized spacial score (nSPS) is 10.5. The fraction of sp³-hybridized carbons (Fsp3) is 0.286. The lowest BCUT2D eigenvalue weighted by Crippen LogP contribution is -2.02. The number of aromatic nitrogens is 1. The Balaban J connectivity index is 2.25. The molecule has 0 bridgehead atoms. The number of hydrogen-bond donors (Lipinski definition) is 0. The summed E-state index contributed by atoms with van der Waals surface area (Å²) in [4.78, 5) is 0. The molecule has 0 saturated heterocycles. The van der Waals surface area contributed by atoms with Crippen molar-refractivity contribution >= 4 is 0 Å². The first-order chi connectivity index (χ1) is 7.31. The monoisotopic (exact) mass is 199 g/mol. The summed E-state index contributed by atoms with van der Waals surface area (Å²) in [7, 11) is 0. The van der Waals surface area contributed by atoms with E-state index in [-0.39, 0.29) is 0 Å². The zero-order chi connectivity index (χ0) is 10.7. The molecule has 1 aromatic heterocycles. The lowest BCUT2D eigenvalue weighted by molar-refractivity contribution is 0.747. The molecule has 0 atom stereocenters. The molecule has 0 aliphatic carbocycles. The summed E-state index contributed by atoms with van der Waals surface area (Å²) in [6, 6.07) is 12.8. The van der Waals surface area contributed by atoms with Gasteiger partial charge in [-0.15, -0.1) is 0 Å². The Labute approximate surface area is 91.4 Å². The third-order valence-electron chi connectivity index (χ3n) is 2.84. The first-order valence-electron chi connectivity index (χ1n) is 5.49. The Morgan fingerprint density at radius 3 is 2.47 bits per heavy atom. The average Bonchev–Trinajstić information content (AvgIpc) is 2.61. The number of hydrogen-bond acceptors (Lipinski definition) is 0. The van der Waals surface area contributed by atoms with Crippen LogP contribution in [-0.4, -0.2) is 4.57 Å². The molecule has 1 heterocycles. The maximum Gasteiger partial charge on any atom is 0.0472 e. The Morgan fingerprint density at radius 1 is 1.07 bits per heavy atom. The molecule has 15 heavy (non-hydrogen) atoms. The van der Waals surface area contributed by atoms with E-state index in [2.05, 4.69) is 61.0 Å². The summed E-state index contributed by atoms with van der Waals surface area (Å²) < 4.78 is 2.34. The van der Waals surface area contributed by atoms with Gasteiger partial charge in [-0.2, -0.15) is 0 Å². The van der Waals surface area contributed by atoms with Gasteiger partial charge in [-0.05, 0) is 30.5 Å². The van der Waals surface area contributed by atoms with Crippen LogP contribution in [0.2, 0.25) is 0 Å². The first-order valence-corrected chi connectivity index (χ1v) is 5.49. The van der Waals surface area contributed by atoms with E-state index in [9.17, 15) is 0 Å². The van der Waals surface area contributed by atoms with Crippen LogP contribution in [0.1, 0.15) is 23.7 Å². The molecule has 0 fully saturated rings. The van der Waals surface area contributed by atoms with E-state index in [1.54, 1.807) is 0 Å². The summed E-state index contributed by atoms with van der Waals surface area (Å²) in [5, 5.41) is 0. The van der Waals surface area contributed by atoms with E-state index in [1.807, 2.05) is 0 Å². The van der Waals surface area contributed by atoms with Crippen LogP contribution in [0.5, 0.6) is 0 Å². The molecule has 1 heteroatoms. The van der Waals surface area contributed by atoms with Crippen LogP contribution in [0.4, 0.5) is 0 Å². The molecule has 0 radical (unpaired) electrons. The minimum atomic E-state index is 0.984. The molecule has 0 aliphatic rings. The van der Waals surface area contributed by atoms with Crippen molar-refractivity contribution in [2.24, 2.45) is 0 Å². The number of rotatable bonds is 3. The van der Waals surface area contributed by atoms with Crippen LogP contribution >= 0.6 is 0 Å². The fourth-order valence-electron chi connectivity index (χ4n) is 2.02. The topological polar surface area (TPSA) is 4.93 Å². The first kappa shape index (κ1) is 10.0. The van der Waals surface area contributed by atoms with Crippen molar-refractivity contribution < 1.29 is 0 Å². The lowest BCUT2D eigenvalue weighted by Gasteiger charge is -2.08. The Bertz CT molecular complexity index is 426. The van der Waals surface area contributed by atoms with Crippen molar-refractivity contribution in [3.8, 4) is 0 Å². The largest absolute Gasteiger partial charge is 0.347 e. The van der Waals surface area contributed by atoms with E-state index >= 15 is 0 Å². The minimum absolute atomic E-state index is 0.984. The number of aryl methyl sites for hydroxylation is 1. The highest BCUT2D eigenvalue weighted by atomic mass is 15.0. The van der Waals surface area contributed by atoms with Crippen LogP contribution in [0.3, 0.4) is 0 Å². The van der Waals surface area contributed by atoms with Crippen molar-refractivity contribution in [2.45, 2.75) is 26.8 Å². The zero-order valence-corrected chi connectivity index (χ0v) is 9.40. The van der Waals surface area contributed by atoms with Crippen LogP contribution in [-0.2, 0) is 13.0 Å². The number of benzene rings is 1. The summed E-state index contributed by atoms with van der Waals surface area (Å²) in [5.74, 6) is 0. The molecule has 0 unspecified atom stereocenters. The Kier molecular flexibility index (Phi) is 2.91. The second-order valence-electron chi connectivity index (χ2n) is 3.91. The molecule has 2 aromatic rings. The molecule has 1 nitrogen and oxygen atoms in total. The van der Waals surface area contributed by atoms with E-state index in [0.717, 1.165) is 13.0 Å². The van der Waals surface area contributed by atoms with Crippen LogP contribution in [0.15, 0.2) is 42.6 Å². The highest BCUT2D eigenvalue weighted by Crippen LogP contribution is 2.13. The van der Waals surface area contributed by atoms with Gasteiger partial charge in [0, 0.05) is 18.4 Å². The Morgan fingerprint density at radius 2 is 1.80 bits per heavy atom. The third-order valence-corrected chi connectivity index (χ3v) is 2.84. The van der Waals surface area contributed by atoms with E-state index < -0.39 is 0 Å². The van der Waals surface area contributed by atoms with Crippen molar-refractivity contribution in [3.05, 3.63) is 59.4 Å². The molecule has 0 saturated carbocycles. The van der Waals surface area contributed by atoms with Crippen LogP contribution in [0, 0.1) is 6.92 Å². The van der Waals surface area contributed by atoms with Crippen LogP contribution in [0.25, 0.3) is 0 Å². The maximum atomic E-state index is 2.34. The molecule has 0 aliphatic heterocycles. The summed E-state index contributed by atoms with van der Waals surface area (Å²) in [5.41, 5.74) is 4.20. The summed E-state index contributed by atoms with van der Waals surface area (Å²) in [6.07, 6.45) is 3.28. The smallest absolute Gasteiger partial charge is 0.0472 e. The Hall–Kier alpha value is -1.50. The lowest BCUT2D eigenvalue weighted by atomic mass is 10.2. The molecule has 0 N–H and O–H groups in total. The van der Waals surface area contributed by atoms with Gasteiger partial charge in [-0.3, -0.25) is 0 Å². The SMILES string of the molecule is CCc1c(C)ccn1Cc1ccccc1. The molecule has 0 spiro atoms. The van der Waals surface area contributed by atoms with Gasteiger partial charge >= 0.3 is 0 Å².